The fraction of sp³-hybridized carbons (Fsp3) is 0.105. The smallest absolute Gasteiger partial charge is 0.200 e. The molecular weight excluding hydrogens is 334 g/mol. The molecule has 0 saturated carbocycles. The Kier molecular flexibility index (Phi) is 4.11. The van der Waals surface area contributed by atoms with Crippen molar-refractivity contribution in [1.29, 1.82) is 0 Å². The van der Waals surface area contributed by atoms with E-state index in [1.165, 1.54) is 11.8 Å². The van der Waals surface area contributed by atoms with E-state index >= 15 is 0 Å². The van der Waals surface area contributed by atoms with Gasteiger partial charge in [-0.25, -0.2) is 0 Å². The number of benzene rings is 2. The zero-order valence-corrected chi connectivity index (χ0v) is 14.4. The number of hydrogen-bond acceptors (Lipinski definition) is 5. The van der Waals surface area contributed by atoms with E-state index in [0.717, 1.165) is 11.0 Å². The normalized spacial score (nSPS) is 11.1. The Bertz CT molecular complexity index is 1000. The van der Waals surface area contributed by atoms with Gasteiger partial charge in [0.05, 0.1) is 5.75 Å². The van der Waals surface area contributed by atoms with Gasteiger partial charge in [0.25, 0.3) is 0 Å². The van der Waals surface area contributed by atoms with Crippen molar-refractivity contribution in [3.63, 3.8) is 0 Å². The largest absolute Gasteiger partial charge is 0.453 e. The third kappa shape index (κ3) is 3.08. The zero-order valence-electron chi connectivity index (χ0n) is 13.5. The van der Waals surface area contributed by atoms with Crippen LogP contribution in [0.3, 0.4) is 0 Å². The molecule has 25 heavy (non-hydrogen) atoms. The van der Waals surface area contributed by atoms with Gasteiger partial charge in [-0.15, -0.1) is 10.2 Å². The average molecular weight is 349 g/mol. The van der Waals surface area contributed by atoms with Crippen LogP contribution in [-0.2, 0) is 7.05 Å². The van der Waals surface area contributed by atoms with E-state index in [4.69, 9.17) is 4.42 Å². The summed E-state index contributed by atoms with van der Waals surface area (Å²) in [6.07, 6.45) is 0. The van der Waals surface area contributed by atoms with Gasteiger partial charge < -0.3 is 8.98 Å². The van der Waals surface area contributed by atoms with Crippen molar-refractivity contribution in [3.8, 4) is 11.6 Å². The predicted octanol–water partition coefficient (Wildman–Crippen LogP) is 4.20. The number of furan rings is 1. The summed E-state index contributed by atoms with van der Waals surface area (Å²) >= 11 is 1.37. The molecule has 4 aromatic rings. The highest BCUT2D eigenvalue weighted by Crippen LogP contribution is 2.28. The maximum atomic E-state index is 12.2. The van der Waals surface area contributed by atoms with Crippen LogP contribution in [0.5, 0.6) is 0 Å². The standard InChI is InChI=1S/C19H15N3O2S/c1-22-18(17-11-14-9-5-6-10-16(14)24-17)20-21-19(22)25-12-15(23)13-7-3-2-4-8-13/h2-11H,12H2,1H3. The molecule has 124 valence electrons. The number of fused-ring (bicyclic) bond motifs is 1. The highest BCUT2D eigenvalue weighted by molar-refractivity contribution is 7.99. The highest BCUT2D eigenvalue weighted by Gasteiger charge is 2.16. The molecule has 0 spiro atoms. The van der Waals surface area contributed by atoms with Crippen LogP contribution in [0, 0.1) is 0 Å². The van der Waals surface area contributed by atoms with E-state index in [1.54, 1.807) is 0 Å². The third-order valence-corrected chi connectivity index (χ3v) is 4.93. The molecule has 0 saturated heterocycles. The molecule has 0 aliphatic heterocycles. The first-order chi connectivity index (χ1) is 12.2. The first-order valence-corrected chi connectivity index (χ1v) is 8.80. The lowest BCUT2D eigenvalue weighted by Crippen LogP contribution is -2.03. The van der Waals surface area contributed by atoms with Crippen molar-refractivity contribution in [3.05, 3.63) is 66.2 Å². The van der Waals surface area contributed by atoms with Crippen LogP contribution in [0.2, 0.25) is 0 Å². The first-order valence-electron chi connectivity index (χ1n) is 7.82. The molecule has 0 amide bonds. The summed E-state index contributed by atoms with van der Waals surface area (Å²) < 4.78 is 7.69. The van der Waals surface area contributed by atoms with E-state index in [1.807, 2.05) is 72.3 Å². The number of thioether (sulfide) groups is 1. The van der Waals surface area contributed by atoms with Crippen LogP contribution in [0.4, 0.5) is 0 Å². The molecule has 5 nitrogen and oxygen atoms in total. The van der Waals surface area contributed by atoms with Gasteiger partial charge in [-0.2, -0.15) is 0 Å². The molecule has 0 radical (unpaired) electrons. The number of carbonyl (C=O) groups is 1. The molecule has 4 rings (SSSR count). The molecule has 2 heterocycles. The van der Waals surface area contributed by atoms with Crippen LogP contribution in [0.25, 0.3) is 22.6 Å². The molecule has 0 bridgehead atoms. The van der Waals surface area contributed by atoms with Crippen molar-refractivity contribution in [2.45, 2.75) is 5.16 Å². The molecule has 2 aromatic carbocycles. The summed E-state index contributed by atoms with van der Waals surface area (Å²) in [6, 6.07) is 19.0. The number of rotatable bonds is 5. The van der Waals surface area contributed by atoms with Gasteiger partial charge in [0.1, 0.15) is 5.58 Å². The Hall–Kier alpha value is -2.86. The van der Waals surface area contributed by atoms with Crippen LogP contribution >= 0.6 is 11.8 Å². The summed E-state index contributed by atoms with van der Waals surface area (Å²) in [7, 11) is 1.87. The Labute approximate surface area is 148 Å². The lowest BCUT2D eigenvalue weighted by molar-refractivity contribution is 0.102. The zero-order chi connectivity index (χ0) is 17.2. The highest BCUT2D eigenvalue weighted by atomic mass is 32.2. The van der Waals surface area contributed by atoms with Crippen LogP contribution < -0.4 is 0 Å². The molecule has 0 aliphatic rings. The lowest BCUT2D eigenvalue weighted by atomic mass is 10.2. The van der Waals surface area contributed by atoms with E-state index < -0.39 is 0 Å². The number of hydrogen-bond donors (Lipinski definition) is 0. The molecule has 6 heteroatoms. The van der Waals surface area contributed by atoms with E-state index in [2.05, 4.69) is 10.2 Å². The molecule has 0 fully saturated rings. The monoisotopic (exact) mass is 349 g/mol. The van der Waals surface area contributed by atoms with Gasteiger partial charge in [-0.1, -0.05) is 60.3 Å². The fourth-order valence-electron chi connectivity index (χ4n) is 2.58. The number of ketones is 1. The minimum absolute atomic E-state index is 0.0684. The SMILES string of the molecule is Cn1c(SCC(=O)c2ccccc2)nnc1-c1cc2ccccc2o1. The second kappa shape index (κ2) is 6.57. The minimum Gasteiger partial charge on any atom is -0.453 e. The van der Waals surface area contributed by atoms with E-state index in [0.29, 0.717) is 28.1 Å². The van der Waals surface area contributed by atoms with Gasteiger partial charge in [0.2, 0.25) is 0 Å². The van der Waals surface area contributed by atoms with Gasteiger partial charge in [-0.3, -0.25) is 4.79 Å². The van der Waals surface area contributed by atoms with E-state index in [-0.39, 0.29) is 5.78 Å². The molecule has 0 aliphatic carbocycles. The number of Topliss-reactive ketones (excluding diaryl/α,β-unsaturated/α-hetero) is 1. The van der Waals surface area contributed by atoms with Gasteiger partial charge in [0.15, 0.2) is 22.5 Å². The van der Waals surface area contributed by atoms with Crippen molar-refractivity contribution < 1.29 is 9.21 Å². The summed E-state index contributed by atoms with van der Waals surface area (Å²) in [6.45, 7) is 0. The minimum atomic E-state index is 0.0684. The van der Waals surface area contributed by atoms with Gasteiger partial charge in [0, 0.05) is 18.0 Å². The number of aromatic nitrogens is 3. The van der Waals surface area contributed by atoms with Crippen LogP contribution in [0.1, 0.15) is 10.4 Å². The number of nitrogens with zero attached hydrogens (tertiary/aromatic N) is 3. The van der Waals surface area contributed by atoms with E-state index in [9.17, 15) is 4.79 Å². The van der Waals surface area contributed by atoms with Crippen molar-refractivity contribution >= 4 is 28.5 Å². The molecule has 0 N–H and O–H groups in total. The topological polar surface area (TPSA) is 60.9 Å². The van der Waals surface area contributed by atoms with Crippen molar-refractivity contribution in [2.24, 2.45) is 7.05 Å². The maximum absolute atomic E-state index is 12.2. The van der Waals surface area contributed by atoms with Crippen molar-refractivity contribution in [2.75, 3.05) is 5.75 Å². The Morgan fingerprint density at radius 1 is 1.08 bits per heavy atom. The van der Waals surface area contributed by atoms with Crippen LogP contribution in [0.15, 0.2) is 70.2 Å². The first kappa shape index (κ1) is 15.7. The van der Waals surface area contributed by atoms with Crippen LogP contribution in [-0.4, -0.2) is 26.3 Å². The number of carbonyl (C=O) groups excluding carboxylic acids is 1. The summed E-state index contributed by atoms with van der Waals surface area (Å²) in [5.41, 5.74) is 1.52. The maximum Gasteiger partial charge on any atom is 0.200 e. The third-order valence-electron chi connectivity index (χ3n) is 3.91. The lowest BCUT2D eigenvalue weighted by Gasteiger charge is -2.02. The Morgan fingerprint density at radius 3 is 2.64 bits per heavy atom. The van der Waals surface area contributed by atoms with Gasteiger partial charge in [-0.05, 0) is 12.1 Å². The fourth-order valence-corrected chi connectivity index (χ4v) is 3.39. The summed E-state index contributed by atoms with van der Waals surface area (Å²) in [4.78, 5) is 12.2. The molecule has 0 unspecified atom stereocenters. The summed E-state index contributed by atoms with van der Waals surface area (Å²) in [5, 5.41) is 10.1. The summed E-state index contributed by atoms with van der Waals surface area (Å²) in [5.74, 6) is 1.69. The molecule has 2 aromatic heterocycles. The van der Waals surface area contributed by atoms with Crippen molar-refractivity contribution in [1.82, 2.24) is 14.8 Å². The second-order valence-corrected chi connectivity index (χ2v) is 6.53. The quantitative estimate of drug-likeness (QED) is 0.399. The predicted molar refractivity (Wildman–Crippen MR) is 97.7 cm³/mol. The Morgan fingerprint density at radius 2 is 1.84 bits per heavy atom. The number of para-hydroxylation sites is 1. The molecule has 0 atom stereocenters. The Balaban J connectivity index is 1.54. The van der Waals surface area contributed by atoms with Gasteiger partial charge >= 0.3 is 0 Å². The second-order valence-electron chi connectivity index (χ2n) is 5.59. The molecular formula is C19H15N3O2S. The average Bonchev–Trinajstić information content (AvgIpc) is 3.23.